The number of rotatable bonds is 3. The molecule has 110 valence electrons. The Kier molecular flexibility index (Phi) is 4.32. The minimum Gasteiger partial charge on any atom is -0.378 e. The highest BCUT2D eigenvalue weighted by molar-refractivity contribution is 6.30. The van der Waals surface area contributed by atoms with Gasteiger partial charge >= 0.3 is 0 Å². The van der Waals surface area contributed by atoms with Gasteiger partial charge in [-0.1, -0.05) is 23.7 Å². The molecular weight excluding hydrogens is 274 g/mol. The largest absolute Gasteiger partial charge is 0.378 e. The van der Waals surface area contributed by atoms with Crippen LogP contribution < -0.4 is 5.32 Å². The molecule has 20 heavy (non-hydrogen) atoms. The fourth-order valence-corrected chi connectivity index (χ4v) is 3.79. The van der Waals surface area contributed by atoms with Gasteiger partial charge in [-0.3, -0.25) is 0 Å². The van der Waals surface area contributed by atoms with E-state index >= 15 is 0 Å². The summed E-state index contributed by atoms with van der Waals surface area (Å²) < 4.78 is 11.6. The van der Waals surface area contributed by atoms with E-state index in [-0.39, 0.29) is 5.60 Å². The van der Waals surface area contributed by atoms with Crippen LogP contribution in [0.15, 0.2) is 24.3 Å². The van der Waals surface area contributed by atoms with E-state index in [4.69, 9.17) is 21.1 Å². The molecule has 0 bridgehead atoms. The van der Waals surface area contributed by atoms with E-state index in [1.807, 2.05) is 19.2 Å². The molecule has 0 radical (unpaired) electrons. The van der Waals surface area contributed by atoms with Crippen molar-refractivity contribution in [1.82, 2.24) is 5.32 Å². The molecule has 2 saturated heterocycles. The summed E-state index contributed by atoms with van der Waals surface area (Å²) in [6, 6.07) is 8.50. The van der Waals surface area contributed by atoms with Crippen LogP contribution in [0, 0.1) is 5.92 Å². The van der Waals surface area contributed by atoms with Crippen molar-refractivity contribution in [2.45, 2.75) is 30.9 Å². The maximum atomic E-state index is 6.13. The molecule has 0 aliphatic carbocycles. The maximum Gasteiger partial charge on any atom is 0.0940 e. The first-order chi connectivity index (χ1) is 9.72. The predicted octanol–water partition coefficient (Wildman–Crippen LogP) is 3.19. The fourth-order valence-electron chi connectivity index (χ4n) is 3.59. The van der Waals surface area contributed by atoms with E-state index in [2.05, 4.69) is 17.4 Å². The van der Waals surface area contributed by atoms with Crippen LogP contribution in [0.1, 0.15) is 30.9 Å². The van der Waals surface area contributed by atoms with E-state index in [1.165, 1.54) is 5.56 Å². The highest BCUT2D eigenvalue weighted by Gasteiger charge is 2.42. The third-order valence-corrected chi connectivity index (χ3v) is 4.82. The molecule has 2 heterocycles. The van der Waals surface area contributed by atoms with E-state index in [0.29, 0.717) is 12.0 Å². The lowest BCUT2D eigenvalue weighted by Gasteiger charge is -2.40. The lowest BCUT2D eigenvalue weighted by atomic mass is 9.79. The smallest absolute Gasteiger partial charge is 0.0940 e. The van der Waals surface area contributed by atoms with Gasteiger partial charge in [-0.15, -0.1) is 0 Å². The fraction of sp³-hybridized carbons (Fsp3) is 0.625. The van der Waals surface area contributed by atoms with Crippen molar-refractivity contribution >= 4 is 11.6 Å². The predicted molar refractivity (Wildman–Crippen MR) is 80.1 cm³/mol. The molecule has 2 aliphatic heterocycles. The molecule has 0 saturated carbocycles. The molecule has 3 nitrogen and oxygen atoms in total. The second-order valence-corrected chi connectivity index (χ2v) is 6.34. The second-order valence-electron chi connectivity index (χ2n) is 5.91. The average Bonchev–Trinajstić information content (AvgIpc) is 2.88. The first-order valence-corrected chi connectivity index (χ1v) is 7.75. The quantitative estimate of drug-likeness (QED) is 0.929. The molecule has 4 heteroatoms. The van der Waals surface area contributed by atoms with Crippen LogP contribution in [-0.4, -0.2) is 32.5 Å². The number of benzene rings is 1. The van der Waals surface area contributed by atoms with Gasteiger partial charge in [0, 0.05) is 30.7 Å². The Morgan fingerprint density at radius 3 is 3.00 bits per heavy atom. The van der Waals surface area contributed by atoms with Crippen molar-refractivity contribution < 1.29 is 9.47 Å². The molecule has 0 amide bonds. The zero-order valence-electron chi connectivity index (χ0n) is 11.9. The first kappa shape index (κ1) is 14.3. The Balaban J connectivity index is 1.78. The summed E-state index contributed by atoms with van der Waals surface area (Å²) in [4.78, 5) is 0. The highest BCUT2D eigenvalue weighted by atomic mass is 35.5. The van der Waals surface area contributed by atoms with Crippen LogP contribution in [-0.2, 0) is 9.47 Å². The van der Waals surface area contributed by atoms with Gasteiger partial charge in [-0.05, 0) is 43.5 Å². The molecule has 1 aromatic rings. The van der Waals surface area contributed by atoms with Gasteiger partial charge in [0.05, 0.1) is 12.2 Å². The molecule has 1 spiro atoms. The van der Waals surface area contributed by atoms with Crippen LogP contribution in [0.4, 0.5) is 0 Å². The average molecular weight is 296 g/mol. The third-order valence-electron chi connectivity index (χ3n) is 4.59. The summed E-state index contributed by atoms with van der Waals surface area (Å²) in [5.41, 5.74) is 1.22. The lowest BCUT2D eigenvalue weighted by molar-refractivity contribution is -0.103. The normalized spacial score (nSPS) is 31.6. The van der Waals surface area contributed by atoms with Crippen LogP contribution in [0.25, 0.3) is 0 Å². The monoisotopic (exact) mass is 295 g/mol. The maximum absolute atomic E-state index is 6.13. The van der Waals surface area contributed by atoms with Crippen molar-refractivity contribution in [3.05, 3.63) is 34.9 Å². The van der Waals surface area contributed by atoms with Crippen LogP contribution >= 0.6 is 11.6 Å². The van der Waals surface area contributed by atoms with Gasteiger partial charge in [0.1, 0.15) is 0 Å². The lowest BCUT2D eigenvalue weighted by Crippen LogP contribution is -2.43. The summed E-state index contributed by atoms with van der Waals surface area (Å²) in [7, 11) is 2.03. The molecule has 3 unspecified atom stereocenters. The summed E-state index contributed by atoms with van der Waals surface area (Å²) in [5, 5.41) is 4.27. The number of ether oxygens (including phenoxy) is 2. The Bertz CT molecular complexity index is 460. The van der Waals surface area contributed by atoms with E-state index < -0.39 is 0 Å². The molecular formula is C16H22ClNO2. The minimum atomic E-state index is -0.0450. The summed E-state index contributed by atoms with van der Waals surface area (Å²) >= 11 is 6.13. The van der Waals surface area contributed by atoms with E-state index in [0.717, 1.165) is 44.1 Å². The van der Waals surface area contributed by atoms with Crippen LogP contribution in [0.2, 0.25) is 5.02 Å². The third kappa shape index (κ3) is 2.86. The summed E-state index contributed by atoms with van der Waals surface area (Å²) in [6.45, 7) is 2.40. The minimum absolute atomic E-state index is 0.0450. The molecule has 2 fully saturated rings. The standard InChI is InChI=1S/C16H22ClNO2/c1-18-15(12-3-2-4-14(17)9-12)13-5-7-20-16(10-13)6-8-19-11-16/h2-4,9,13,15,18H,5-8,10-11H2,1H3. The first-order valence-electron chi connectivity index (χ1n) is 7.37. The Morgan fingerprint density at radius 2 is 2.30 bits per heavy atom. The number of halogens is 1. The second kappa shape index (κ2) is 6.02. The van der Waals surface area contributed by atoms with Gasteiger partial charge in [0.15, 0.2) is 0 Å². The topological polar surface area (TPSA) is 30.5 Å². The number of hydrogen-bond acceptors (Lipinski definition) is 3. The van der Waals surface area contributed by atoms with Crippen molar-refractivity contribution in [1.29, 1.82) is 0 Å². The van der Waals surface area contributed by atoms with Crippen molar-refractivity contribution in [2.75, 3.05) is 26.9 Å². The van der Waals surface area contributed by atoms with Crippen LogP contribution in [0.3, 0.4) is 0 Å². The Morgan fingerprint density at radius 1 is 1.40 bits per heavy atom. The van der Waals surface area contributed by atoms with Crippen molar-refractivity contribution in [3.63, 3.8) is 0 Å². The van der Waals surface area contributed by atoms with Gasteiger partial charge < -0.3 is 14.8 Å². The molecule has 3 rings (SSSR count). The Hall–Kier alpha value is -0.610. The molecule has 1 aromatic carbocycles. The molecule has 3 atom stereocenters. The summed E-state index contributed by atoms with van der Waals surface area (Å²) in [5.74, 6) is 0.564. The molecule has 0 aromatic heterocycles. The molecule has 1 N–H and O–H groups in total. The van der Waals surface area contributed by atoms with Crippen molar-refractivity contribution in [2.24, 2.45) is 5.92 Å². The summed E-state index contributed by atoms with van der Waals surface area (Å²) in [6.07, 6.45) is 3.17. The van der Waals surface area contributed by atoms with E-state index in [1.54, 1.807) is 0 Å². The Labute approximate surface area is 125 Å². The SMILES string of the molecule is CNC(c1cccc(Cl)c1)C1CCOC2(CCOC2)C1. The van der Waals surface area contributed by atoms with Gasteiger partial charge in [0.25, 0.3) is 0 Å². The van der Waals surface area contributed by atoms with Gasteiger partial charge in [0.2, 0.25) is 0 Å². The van der Waals surface area contributed by atoms with Gasteiger partial charge in [-0.2, -0.15) is 0 Å². The number of hydrogen-bond donors (Lipinski definition) is 1. The highest BCUT2D eigenvalue weighted by Crippen LogP contribution is 2.41. The van der Waals surface area contributed by atoms with Gasteiger partial charge in [-0.25, -0.2) is 0 Å². The zero-order valence-corrected chi connectivity index (χ0v) is 12.7. The number of nitrogens with one attached hydrogen (secondary N) is 1. The van der Waals surface area contributed by atoms with Crippen molar-refractivity contribution in [3.8, 4) is 0 Å². The van der Waals surface area contributed by atoms with E-state index in [9.17, 15) is 0 Å². The zero-order chi connectivity index (χ0) is 14.0. The van der Waals surface area contributed by atoms with Crippen LogP contribution in [0.5, 0.6) is 0 Å². The molecule has 2 aliphatic rings.